The van der Waals surface area contributed by atoms with E-state index in [1.165, 1.54) is 5.57 Å². The summed E-state index contributed by atoms with van der Waals surface area (Å²) in [5, 5.41) is 0. The van der Waals surface area contributed by atoms with Crippen LogP contribution in [0.4, 0.5) is 0 Å². The van der Waals surface area contributed by atoms with Gasteiger partial charge >= 0.3 is 0 Å². The zero-order valence-corrected chi connectivity index (χ0v) is 11.5. The van der Waals surface area contributed by atoms with Gasteiger partial charge in [-0.1, -0.05) is 23.8 Å². The molecule has 0 aliphatic carbocycles. The van der Waals surface area contributed by atoms with Crippen LogP contribution in [0.25, 0.3) is 0 Å². The Kier molecular flexibility index (Phi) is 3.47. The minimum atomic E-state index is -0.470. The molecule has 0 spiro atoms. The van der Waals surface area contributed by atoms with Gasteiger partial charge in [0.1, 0.15) is 5.75 Å². The van der Waals surface area contributed by atoms with E-state index in [2.05, 4.69) is 18.0 Å². The van der Waals surface area contributed by atoms with Gasteiger partial charge in [0.2, 0.25) is 5.79 Å². The quantitative estimate of drug-likeness (QED) is 0.829. The lowest BCUT2D eigenvalue weighted by molar-refractivity contribution is -0.157. The highest BCUT2D eigenvalue weighted by atomic mass is 16.7. The molecule has 1 atom stereocenters. The van der Waals surface area contributed by atoms with E-state index in [0.717, 1.165) is 44.7 Å². The van der Waals surface area contributed by atoms with Crippen molar-refractivity contribution in [3.8, 4) is 5.75 Å². The number of para-hydroxylation sites is 1. The largest absolute Gasteiger partial charge is 0.460 e. The van der Waals surface area contributed by atoms with E-state index in [9.17, 15) is 0 Å². The van der Waals surface area contributed by atoms with Gasteiger partial charge in [0.15, 0.2) is 0 Å². The van der Waals surface area contributed by atoms with Crippen LogP contribution in [0.3, 0.4) is 0 Å². The minimum absolute atomic E-state index is 0.470. The summed E-state index contributed by atoms with van der Waals surface area (Å²) in [6.45, 7) is 4.87. The normalized spacial score (nSPS) is 26.6. The second kappa shape index (κ2) is 5.25. The summed E-state index contributed by atoms with van der Waals surface area (Å²) in [4.78, 5) is 2.32. The fourth-order valence-electron chi connectivity index (χ4n) is 2.81. The number of ether oxygens (including phenoxy) is 2. The van der Waals surface area contributed by atoms with Crippen molar-refractivity contribution < 1.29 is 9.47 Å². The van der Waals surface area contributed by atoms with Gasteiger partial charge in [0, 0.05) is 13.0 Å². The first-order valence-corrected chi connectivity index (χ1v) is 7.05. The lowest BCUT2D eigenvalue weighted by Gasteiger charge is -2.33. The van der Waals surface area contributed by atoms with Gasteiger partial charge in [-0.2, -0.15) is 0 Å². The molecular formula is C16H21NO2. The van der Waals surface area contributed by atoms with Crippen molar-refractivity contribution in [2.75, 3.05) is 19.7 Å². The SMILES string of the molecule is CC1=CN(CC2(Oc3ccccc3)CCCO2)CC1. The molecule has 102 valence electrons. The predicted molar refractivity (Wildman–Crippen MR) is 74.9 cm³/mol. The van der Waals surface area contributed by atoms with Gasteiger partial charge in [-0.3, -0.25) is 0 Å². The second-order valence-electron chi connectivity index (χ2n) is 5.47. The fraction of sp³-hybridized carbons (Fsp3) is 0.500. The number of benzene rings is 1. The molecular weight excluding hydrogens is 238 g/mol. The molecule has 0 N–H and O–H groups in total. The molecule has 0 saturated carbocycles. The van der Waals surface area contributed by atoms with Crippen LogP contribution in [-0.2, 0) is 4.74 Å². The third-order valence-electron chi connectivity index (χ3n) is 3.75. The molecule has 1 aromatic rings. The maximum absolute atomic E-state index is 6.17. The van der Waals surface area contributed by atoms with Crippen LogP contribution in [0.1, 0.15) is 26.2 Å². The Morgan fingerprint density at radius 1 is 1.32 bits per heavy atom. The first kappa shape index (κ1) is 12.5. The van der Waals surface area contributed by atoms with Crippen LogP contribution >= 0.6 is 0 Å². The topological polar surface area (TPSA) is 21.7 Å². The molecule has 0 aromatic heterocycles. The van der Waals surface area contributed by atoms with Crippen molar-refractivity contribution in [2.45, 2.75) is 32.0 Å². The Hall–Kier alpha value is -1.48. The van der Waals surface area contributed by atoms with E-state index >= 15 is 0 Å². The lowest BCUT2D eigenvalue weighted by atomic mass is 10.1. The summed E-state index contributed by atoms with van der Waals surface area (Å²) in [6.07, 6.45) is 5.42. The van der Waals surface area contributed by atoms with Gasteiger partial charge in [0.05, 0.1) is 13.2 Å². The monoisotopic (exact) mass is 259 g/mol. The van der Waals surface area contributed by atoms with E-state index in [0.29, 0.717) is 0 Å². The molecule has 1 fully saturated rings. The van der Waals surface area contributed by atoms with Gasteiger partial charge in [-0.25, -0.2) is 0 Å². The molecule has 1 unspecified atom stereocenters. The molecule has 19 heavy (non-hydrogen) atoms. The average molecular weight is 259 g/mol. The Balaban J connectivity index is 1.72. The first-order valence-electron chi connectivity index (χ1n) is 7.05. The molecule has 3 rings (SSSR count). The van der Waals surface area contributed by atoms with Gasteiger partial charge < -0.3 is 14.4 Å². The molecule has 0 amide bonds. The Labute approximate surface area is 114 Å². The molecule has 3 nitrogen and oxygen atoms in total. The number of rotatable bonds is 4. The van der Waals surface area contributed by atoms with E-state index in [1.54, 1.807) is 0 Å². The molecule has 2 heterocycles. The van der Waals surface area contributed by atoms with Gasteiger partial charge in [-0.05, 0) is 38.1 Å². The number of nitrogens with zero attached hydrogens (tertiary/aromatic N) is 1. The molecule has 2 aliphatic rings. The van der Waals surface area contributed by atoms with Crippen molar-refractivity contribution in [2.24, 2.45) is 0 Å². The first-order chi connectivity index (χ1) is 9.26. The maximum atomic E-state index is 6.17. The second-order valence-corrected chi connectivity index (χ2v) is 5.47. The van der Waals surface area contributed by atoms with Crippen LogP contribution in [0.15, 0.2) is 42.1 Å². The summed E-state index contributed by atoms with van der Waals surface area (Å²) in [7, 11) is 0. The fourth-order valence-corrected chi connectivity index (χ4v) is 2.81. The Morgan fingerprint density at radius 3 is 2.79 bits per heavy atom. The highest BCUT2D eigenvalue weighted by Crippen LogP contribution is 2.31. The molecule has 0 bridgehead atoms. The minimum Gasteiger partial charge on any atom is -0.460 e. The summed E-state index contributed by atoms with van der Waals surface area (Å²) in [5.74, 6) is 0.423. The maximum Gasteiger partial charge on any atom is 0.228 e. The highest BCUT2D eigenvalue weighted by Gasteiger charge is 2.39. The smallest absolute Gasteiger partial charge is 0.228 e. The number of hydrogen-bond donors (Lipinski definition) is 0. The van der Waals surface area contributed by atoms with Crippen molar-refractivity contribution in [1.29, 1.82) is 0 Å². The van der Waals surface area contributed by atoms with Crippen LogP contribution < -0.4 is 4.74 Å². The van der Waals surface area contributed by atoms with Crippen LogP contribution in [-0.4, -0.2) is 30.4 Å². The molecule has 1 aromatic carbocycles. The summed E-state index contributed by atoms with van der Waals surface area (Å²) < 4.78 is 12.1. The van der Waals surface area contributed by atoms with Gasteiger partial charge in [-0.15, -0.1) is 0 Å². The number of hydrogen-bond acceptors (Lipinski definition) is 3. The van der Waals surface area contributed by atoms with Crippen LogP contribution in [0.5, 0.6) is 5.75 Å². The van der Waals surface area contributed by atoms with Crippen molar-refractivity contribution in [3.05, 3.63) is 42.1 Å². The van der Waals surface area contributed by atoms with Crippen LogP contribution in [0.2, 0.25) is 0 Å². The molecule has 1 saturated heterocycles. The molecule has 2 aliphatic heterocycles. The highest BCUT2D eigenvalue weighted by molar-refractivity contribution is 5.22. The third-order valence-corrected chi connectivity index (χ3v) is 3.75. The van der Waals surface area contributed by atoms with Gasteiger partial charge in [0.25, 0.3) is 0 Å². The van der Waals surface area contributed by atoms with Crippen LogP contribution in [0, 0.1) is 0 Å². The standard InChI is InChI=1S/C16H21NO2/c1-14-8-10-17(12-14)13-16(9-5-11-18-16)19-15-6-3-2-4-7-15/h2-4,6-7,12H,5,8-11,13H2,1H3. The van der Waals surface area contributed by atoms with Crippen molar-refractivity contribution in [1.82, 2.24) is 4.90 Å². The summed E-state index contributed by atoms with van der Waals surface area (Å²) in [6, 6.07) is 9.99. The van der Waals surface area contributed by atoms with E-state index in [4.69, 9.17) is 9.47 Å². The average Bonchev–Trinajstić information content (AvgIpc) is 3.01. The summed E-state index contributed by atoms with van der Waals surface area (Å²) >= 11 is 0. The Bertz CT molecular complexity index is 449. The zero-order valence-electron chi connectivity index (χ0n) is 11.5. The van der Waals surface area contributed by atoms with Crippen molar-refractivity contribution >= 4 is 0 Å². The Morgan fingerprint density at radius 2 is 2.16 bits per heavy atom. The van der Waals surface area contributed by atoms with Crippen molar-refractivity contribution in [3.63, 3.8) is 0 Å². The van der Waals surface area contributed by atoms with E-state index < -0.39 is 5.79 Å². The third kappa shape index (κ3) is 2.92. The lowest BCUT2D eigenvalue weighted by Crippen LogP contribution is -2.45. The van der Waals surface area contributed by atoms with E-state index in [-0.39, 0.29) is 0 Å². The summed E-state index contributed by atoms with van der Waals surface area (Å²) in [5.41, 5.74) is 1.44. The molecule has 3 heteroatoms. The zero-order chi connectivity index (χ0) is 13.1. The van der Waals surface area contributed by atoms with E-state index in [1.807, 2.05) is 30.3 Å². The predicted octanol–water partition coefficient (Wildman–Crippen LogP) is 3.18. The molecule has 0 radical (unpaired) electrons.